The zero-order chi connectivity index (χ0) is 13.5. The highest BCUT2D eigenvalue weighted by Crippen LogP contribution is 2.10. The number of amides is 2. The minimum absolute atomic E-state index is 0.00604. The molecule has 0 radical (unpaired) electrons. The molecule has 6 nitrogen and oxygen atoms in total. The van der Waals surface area contributed by atoms with Gasteiger partial charge in [-0.3, -0.25) is 0 Å². The van der Waals surface area contributed by atoms with E-state index in [4.69, 9.17) is 10.2 Å². The van der Waals surface area contributed by atoms with Gasteiger partial charge in [0.2, 0.25) is 0 Å². The number of thiophene rings is 1. The summed E-state index contributed by atoms with van der Waals surface area (Å²) in [6.45, 7) is 0.140. The Hall–Kier alpha value is -1.60. The van der Waals surface area contributed by atoms with Gasteiger partial charge in [0, 0.05) is 25.0 Å². The van der Waals surface area contributed by atoms with Gasteiger partial charge in [0.05, 0.1) is 6.54 Å². The number of nitrogens with zero attached hydrogens (tertiary/aromatic N) is 1. The molecule has 0 aliphatic carbocycles. The van der Waals surface area contributed by atoms with Gasteiger partial charge in [0.25, 0.3) is 0 Å². The summed E-state index contributed by atoms with van der Waals surface area (Å²) in [6.07, 6.45) is -0.00604. The smallest absolute Gasteiger partial charge is 0.326 e. The summed E-state index contributed by atoms with van der Waals surface area (Å²) < 4.78 is 0. The first-order valence-electron chi connectivity index (χ1n) is 5.42. The molecule has 2 amide bonds. The minimum Gasteiger partial charge on any atom is -0.480 e. The van der Waals surface area contributed by atoms with E-state index in [-0.39, 0.29) is 13.0 Å². The molecule has 0 saturated carbocycles. The van der Waals surface area contributed by atoms with Crippen molar-refractivity contribution in [3.8, 4) is 0 Å². The number of hydrogen-bond donors (Lipinski definition) is 3. The Morgan fingerprint density at radius 2 is 2.28 bits per heavy atom. The molecule has 0 aliphatic rings. The molecule has 1 rings (SSSR count). The largest absolute Gasteiger partial charge is 0.480 e. The fourth-order valence-electron chi connectivity index (χ4n) is 1.35. The van der Waals surface area contributed by atoms with E-state index in [1.807, 2.05) is 17.5 Å². The summed E-state index contributed by atoms with van der Waals surface area (Å²) in [4.78, 5) is 25.0. The van der Waals surface area contributed by atoms with Gasteiger partial charge in [0.1, 0.15) is 6.04 Å². The predicted octanol–water partition coefficient (Wildman–Crippen LogP) is 0.725. The second kappa shape index (κ2) is 6.97. The van der Waals surface area contributed by atoms with Crippen LogP contribution in [0, 0.1) is 0 Å². The summed E-state index contributed by atoms with van der Waals surface area (Å²) in [7, 11) is 1.59. The topological polar surface area (TPSA) is 89.9 Å². The molecule has 100 valence electrons. The van der Waals surface area contributed by atoms with Crippen LogP contribution >= 0.6 is 11.3 Å². The average Bonchev–Trinajstić information content (AvgIpc) is 2.80. The summed E-state index contributed by atoms with van der Waals surface area (Å²) in [5, 5.41) is 21.8. The SMILES string of the molecule is CN(Cc1cccs1)C(=O)N[C@@H](CCO)C(=O)O. The van der Waals surface area contributed by atoms with Crippen molar-refractivity contribution in [1.82, 2.24) is 10.2 Å². The van der Waals surface area contributed by atoms with Gasteiger partial charge in [0.15, 0.2) is 0 Å². The number of carbonyl (C=O) groups excluding carboxylic acids is 1. The van der Waals surface area contributed by atoms with Gasteiger partial charge < -0.3 is 20.4 Å². The molecule has 0 unspecified atom stereocenters. The molecule has 0 bridgehead atoms. The molecule has 1 aromatic heterocycles. The average molecular weight is 272 g/mol. The lowest BCUT2D eigenvalue weighted by Crippen LogP contribution is -2.46. The molecule has 18 heavy (non-hydrogen) atoms. The monoisotopic (exact) mass is 272 g/mol. The minimum atomic E-state index is -1.15. The summed E-state index contributed by atoms with van der Waals surface area (Å²) in [6, 6.07) is 2.26. The zero-order valence-corrected chi connectivity index (χ0v) is 10.8. The number of aliphatic hydroxyl groups excluding tert-OH is 1. The van der Waals surface area contributed by atoms with Gasteiger partial charge in [-0.2, -0.15) is 0 Å². The van der Waals surface area contributed by atoms with Crippen molar-refractivity contribution in [2.45, 2.75) is 19.0 Å². The van der Waals surface area contributed by atoms with E-state index >= 15 is 0 Å². The third-order valence-corrected chi connectivity index (χ3v) is 3.19. The van der Waals surface area contributed by atoms with Crippen molar-refractivity contribution in [2.75, 3.05) is 13.7 Å². The third kappa shape index (κ3) is 4.34. The fourth-order valence-corrected chi connectivity index (χ4v) is 2.11. The lowest BCUT2D eigenvalue weighted by atomic mass is 10.2. The van der Waals surface area contributed by atoms with Crippen LogP contribution in [0.3, 0.4) is 0 Å². The standard InChI is InChI=1S/C11H16N2O4S/c1-13(7-8-3-2-6-18-8)11(17)12-9(4-5-14)10(15)16/h2-3,6,9,14H,4-5,7H2,1H3,(H,12,17)(H,15,16)/t9-/m0/s1. The number of aliphatic carboxylic acids is 1. The van der Waals surface area contributed by atoms with E-state index in [2.05, 4.69) is 5.32 Å². The molecule has 7 heteroatoms. The van der Waals surface area contributed by atoms with Gasteiger partial charge in [-0.05, 0) is 11.4 Å². The van der Waals surface area contributed by atoms with Crippen molar-refractivity contribution >= 4 is 23.3 Å². The van der Waals surface area contributed by atoms with Crippen molar-refractivity contribution in [1.29, 1.82) is 0 Å². The van der Waals surface area contributed by atoms with E-state index in [0.29, 0.717) is 6.54 Å². The van der Waals surface area contributed by atoms with Gasteiger partial charge >= 0.3 is 12.0 Å². The number of urea groups is 1. The molecular formula is C11H16N2O4S. The maximum absolute atomic E-state index is 11.7. The Labute approximate surface area is 109 Å². The summed E-state index contributed by atoms with van der Waals surface area (Å²) in [5.41, 5.74) is 0. The van der Waals surface area contributed by atoms with E-state index < -0.39 is 18.0 Å². The Balaban J connectivity index is 2.50. The molecule has 1 aromatic rings. The fraction of sp³-hybridized carbons (Fsp3) is 0.455. The van der Waals surface area contributed by atoms with Crippen LogP contribution in [0.5, 0.6) is 0 Å². The predicted molar refractivity (Wildman–Crippen MR) is 67.4 cm³/mol. The third-order valence-electron chi connectivity index (χ3n) is 2.33. The van der Waals surface area contributed by atoms with Crippen LogP contribution in [0.25, 0.3) is 0 Å². The Kier molecular flexibility index (Phi) is 5.60. The van der Waals surface area contributed by atoms with Crippen molar-refractivity contribution in [3.05, 3.63) is 22.4 Å². The van der Waals surface area contributed by atoms with Crippen LogP contribution in [-0.4, -0.2) is 46.8 Å². The van der Waals surface area contributed by atoms with Crippen LogP contribution in [-0.2, 0) is 11.3 Å². The van der Waals surface area contributed by atoms with E-state index in [9.17, 15) is 9.59 Å². The number of aliphatic hydroxyl groups is 1. The quantitative estimate of drug-likeness (QED) is 0.712. The maximum Gasteiger partial charge on any atom is 0.326 e. The van der Waals surface area contributed by atoms with E-state index in [0.717, 1.165) is 4.88 Å². The molecule has 0 saturated heterocycles. The first-order valence-corrected chi connectivity index (χ1v) is 6.30. The lowest BCUT2D eigenvalue weighted by Gasteiger charge is -2.20. The van der Waals surface area contributed by atoms with Crippen molar-refractivity contribution in [3.63, 3.8) is 0 Å². The zero-order valence-electron chi connectivity index (χ0n) is 10.00. The van der Waals surface area contributed by atoms with E-state index in [1.165, 1.54) is 16.2 Å². The number of nitrogens with one attached hydrogen (secondary N) is 1. The first kappa shape index (κ1) is 14.5. The second-order valence-electron chi connectivity index (χ2n) is 3.79. The second-order valence-corrected chi connectivity index (χ2v) is 4.82. The Morgan fingerprint density at radius 3 is 2.78 bits per heavy atom. The number of carbonyl (C=O) groups is 2. The van der Waals surface area contributed by atoms with Gasteiger partial charge in [-0.1, -0.05) is 6.07 Å². The first-order chi connectivity index (χ1) is 8.54. The number of hydrogen-bond acceptors (Lipinski definition) is 4. The number of carboxylic acid groups (broad SMARTS) is 1. The molecule has 1 atom stereocenters. The Morgan fingerprint density at radius 1 is 1.56 bits per heavy atom. The van der Waals surface area contributed by atoms with Crippen LogP contribution in [0.1, 0.15) is 11.3 Å². The van der Waals surface area contributed by atoms with Crippen molar-refractivity contribution in [2.24, 2.45) is 0 Å². The molecule has 1 heterocycles. The molecule has 0 fully saturated rings. The lowest BCUT2D eigenvalue weighted by molar-refractivity contribution is -0.139. The van der Waals surface area contributed by atoms with Crippen molar-refractivity contribution < 1.29 is 19.8 Å². The van der Waals surface area contributed by atoms with Crippen LogP contribution < -0.4 is 5.32 Å². The molecular weight excluding hydrogens is 256 g/mol. The molecule has 0 aromatic carbocycles. The Bertz CT molecular complexity index is 394. The van der Waals surface area contributed by atoms with Gasteiger partial charge in [-0.25, -0.2) is 9.59 Å². The normalized spacial score (nSPS) is 11.9. The van der Waals surface area contributed by atoms with Crippen LogP contribution in [0.15, 0.2) is 17.5 Å². The summed E-state index contributed by atoms with van der Waals surface area (Å²) >= 11 is 1.53. The molecule has 0 spiro atoms. The van der Waals surface area contributed by atoms with Gasteiger partial charge in [-0.15, -0.1) is 11.3 Å². The van der Waals surface area contributed by atoms with Crippen LogP contribution in [0.2, 0.25) is 0 Å². The highest BCUT2D eigenvalue weighted by atomic mass is 32.1. The molecule has 0 aliphatic heterocycles. The highest BCUT2D eigenvalue weighted by molar-refractivity contribution is 7.09. The number of carboxylic acids is 1. The van der Waals surface area contributed by atoms with E-state index in [1.54, 1.807) is 7.05 Å². The highest BCUT2D eigenvalue weighted by Gasteiger charge is 2.21. The summed E-state index contributed by atoms with van der Waals surface area (Å²) in [5.74, 6) is -1.15. The molecule has 3 N–H and O–H groups in total. The maximum atomic E-state index is 11.7. The number of rotatable bonds is 6. The van der Waals surface area contributed by atoms with Crippen LogP contribution in [0.4, 0.5) is 4.79 Å².